The third-order valence-electron chi connectivity index (χ3n) is 12.5. The first-order valence-corrected chi connectivity index (χ1v) is 21.3. The number of fused-ring (bicyclic) bond motifs is 4. The molecule has 3 heteroatoms. The van der Waals surface area contributed by atoms with Gasteiger partial charge in [-0.3, -0.25) is 0 Å². The van der Waals surface area contributed by atoms with Gasteiger partial charge in [0.05, 0.1) is 17.1 Å². The summed E-state index contributed by atoms with van der Waals surface area (Å²) in [6, 6.07) is 80.3. The Labute approximate surface area is 363 Å². The molecule has 1 aliphatic carbocycles. The predicted molar refractivity (Wildman–Crippen MR) is 259 cm³/mol. The van der Waals surface area contributed by atoms with Gasteiger partial charge in [-0.05, 0) is 92.4 Å². The maximum absolute atomic E-state index is 5.17. The summed E-state index contributed by atoms with van der Waals surface area (Å²) in [6.45, 7) is 4.65. The summed E-state index contributed by atoms with van der Waals surface area (Å²) in [5.74, 6) is 0.714. The van der Waals surface area contributed by atoms with Gasteiger partial charge in [-0.25, -0.2) is 9.97 Å². The fourth-order valence-corrected chi connectivity index (χ4v) is 9.22. The van der Waals surface area contributed by atoms with Gasteiger partial charge in [0, 0.05) is 38.9 Å². The minimum Gasteiger partial charge on any atom is -0.310 e. The van der Waals surface area contributed by atoms with E-state index in [1.165, 1.54) is 44.2 Å². The number of benzene rings is 9. The summed E-state index contributed by atoms with van der Waals surface area (Å²) in [5, 5.41) is 2.41. The third kappa shape index (κ3) is 6.65. The van der Waals surface area contributed by atoms with Crippen LogP contribution in [0.1, 0.15) is 25.0 Å². The van der Waals surface area contributed by atoms with Crippen LogP contribution < -0.4 is 4.90 Å². The Kier molecular flexibility index (Phi) is 9.17. The summed E-state index contributed by atoms with van der Waals surface area (Å²) in [4.78, 5) is 12.7. The Balaban J connectivity index is 0.933. The molecule has 1 aliphatic rings. The first kappa shape index (κ1) is 37.1. The maximum atomic E-state index is 5.17. The molecule has 0 atom stereocenters. The minimum absolute atomic E-state index is 0.101. The van der Waals surface area contributed by atoms with Crippen LogP contribution in [0, 0.1) is 0 Å². The second-order valence-electron chi connectivity index (χ2n) is 16.6. The lowest BCUT2D eigenvalue weighted by atomic mass is 9.82. The molecule has 1 heterocycles. The van der Waals surface area contributed by atoms with Crippen molar-refractivity contribution in [3.8, 4) is 67.3 Å². The number of hydrogen-bond donors (Lipinski definition) is 0. The van der Waals surface area contributed by atoms with Crippen molar-refractivity contribution in [2.75, 3.05) is 4.90 Å². The summed E-state index contributed by atoms with van der Waals surface area (Å²) in [5.41, 5.74) is 18.2. The van der Waals surface area contributed by atoms with E-state index in [-0.39, 0.29) is 5.41 Å². The van der Waals surface area contributed by atoms with E-state index in [4.69, 9.17) is 9.97 Å². The molecule has 9 aromatic carbocycles. The van der Waals surface area contributed by atoms with Crippen molar-refractivity contribution in [1.29, 1.82) is 0 Å². The molecule has 10 aromatic rings. The van der Waals surface area contributed by atoms with E-state index in [0.717, 1.165) is 56.3 Å². The first-order valence-electron chi connectivity index (χ1n) is 21.3. The Morgan fingerprint density at radius 1 is 0.355 bits per heavy atom. The quantitative estimate of drug-likeness (QED) is 0.153. The second kappa shape index (κ2) is 15.3. The van der Waals surface area contributed by atoms with Gasteiger partial charge < -0.3 is 4.90 Å². The van der Waals surface area contributed by atoms with Crippen LogP contribution in [-0.2, 0) is 5.41 Å². The normalized spacial score (nSPS) is 12.5. The fraction of sp³-hybridized carbons (Fsp3) is 0.0508. The first-order chi connectivity index (χ1) is 30.5. The Bertz CT molecular complexity index is 3220. The zero-order chi connectivity index (χ0) is 41.6. The third-order valence-corrected chi connectivity index (χ3v) is 12.5. The molecule has 11 rings (SSSR count). The number of hydrogen-bond acceptors (Lipinski definition) is 3. The SMILES string of the molecule is CC1(C)c2ccccc2-c2ccc(-c3cc(-c4ccc(-c5ccc(N(c6ccc(-c7ccccc7)cc6)c6cccc7ccccc67)cc5)cc4)nc(-c4ccccc4)n3)cc21. The summed E-state index contributed by atoms with van der Waals surface area (Å²) < 4.78 is 0. The van der Waals surface area contributed by atoms with Crippen molar-refractivity contribution in [3.63, 3.8) is 0 Å². The van der Waals surface area contributed by atoms with E-state index in [9.17, 15) is 0 Å². The standard InChI is InChI=1S/C59H43N3/c1-59(2)53-22-12-11-21-51(53)52-37-32-47(38-54(52)59)56-39-55(60-58(61-56)46-17-7-4-8-18-46)45-26-24-41(25-27-45)43-30-35-49(36-31-43)62(57-23-13-19-44-16-9-10-20-50(44)57)48-33-28-42(29-34-48)40-14-5-3-6-15-40/h3-39H,1-2H3. The molecule has 0 saturated heterocycles. The molecule has 1 aromatic heterocycles. The fourth-order valence-electron chi connectivity index (χ4n) is 9.22. The molecule has 0 aliphatic heterocycles. The van der Waals surface area contributed by atoms with Crippen molar-refractivity contribution < 1.29 is 0 Å². The van der Waals surface area contributed by atoms with Crippen molar-refractivity contribution in [2.45, 2.75) is 19.3 Å². The summed E-state index contributed by atoms with van der Waals surface area (Å²) in [6.07, 6.45) is 0. The molecule has 0 spiro atoms. The van der Waals surface area contributed by atoms with Crippen LogP contribution in [0.3, 0.4) is 0 Å². The van der Waals surface area contributed by atoms with Gasteiger partial charge in [0.2, 0.25) is 0 Å². The highest BCUT2D eigenvalue weighted by Gasteiger charge is 2.35. The Hall–Kier alpha value is -7.88. The molecule has 0 unspecified atom stereocenters. The highest BCUT2D eigenvalue weighted by atomic mass is 15.1. The smallest absolute Gasteiger partial charge is 0.160 e. The van der Waals surface area contributed by atoms with E-state index in [1.54, 1.807) is 0 Å². The van der Waals surface area contributed by atoms with Crippen LogP contribution in [0.2, 0.25) is 0 Å². The molecule has 0 saturated carbocycles. The zero-order valence-electron chi connectivity index (χ0n) is 34.7. The molecular weight excluding hydrogens is 751 g/mol. The molecule has 0 N–H and O–H groups in total. The predicted octanol–water partition coefficient (Wildman–Crippen LogP) is 15.7. The summed E-state index contributed by atoms with van der Waals surface area (Å²) >= 11 is 0. The molecule has 0 fully saturated rings. The van der Waals surface area contributed by atoms with Crippen LogP contribution in [-0.4, -0.2) is 9.97 Å². The lowest BCUT2D eigenvalue weighted by Crippen LogP contribution is -2.14. The monoisotopic (exact) mass is 793 g/mol. The highest BCUT2D eigenvalue weighted by molar-refractivity contribution is 5.99. The number of aromatic nitrogens is 2. The van der Waals surface area contributed by atoms with Crippen LogP contribution in [0.25, 0.3) is 78.1 Å². The minimum atomic E-state index is -0.101. The lowest BCUT2D eigenvalue weighted by molar-refractivity contribution is 0.660. The summed E-state index contributed by atoms with van der Waals surface area (Å²) in [7, 11) is 0. The molecule has 62 heavy (non-hydrogen) atoms. The molecule has 0 amide bonds. The molecule has 294 valence electrons. The van der Waals surface area contributed by atoms with Crippen LogP contribution in [0.4, 0.5) is 17.1 Å². The Morgan fingerprint density at radius 2 is 0.839 bits per heavy atom. The Morgan fingerprint density at radius 3 is 1.52 bits per heavy atom. The second-order valence-corrected chi connectivity index (χ2v) is 16.6. The van der Waals surface area contributed by atoms with Gasteiger partial charge in [0.15, 0.2) is 5.82 Å². The van der Waals surface area contributed by atoms with Crippen molar-refractivity contribution in [2.24, 2.45) is 0 Å². The van der Waals surface area contributed by atoms with Crippen LogP contribution in [0.15, 0.2) is 224 Å². The van der Waals surface area contributed by atoms with E-state index >= 15 is 0 Å². The molecule has 0 radical (unpaired) electrons. The number of anilines is 3. The van der Waals surface area contributed by atoms with Crippen LogP contribution >= 0.6 is 0 Å². The van der Waals surface area contributed by atoms with E-state index < -0.39 is 0 Å². The van der Waals surface area contributed by atoms with Crippen LogP contribution in [0.5, 0.6) is 0 Å². The van der Waals surface area contributed by atoms with Gasteiger partial charge in [-0.15, -0.1) is 0 Å². The van der Waals surface area contributed by atoms with Gasteiger partial charge in [-0.1, -0.05) is 196 Å². The highest BCUT2D eigenvalue weighted by Crippen LogP contribution is 2.49. The topological polar surface area (TPSA) is 29.0 Å². The van der Waals surface area contributed by atoms with E-state index in [1.807, 2.05) is 18.2 Å². The van der Waals surface area contributed by atoms with Crippen molar-refractivity contribution in [3.05, 3.63) is 236 Å². The van der Waals surface area contributed by atoms with E-state index in [0.29, 0.717) is 5.82 Å². The lowest BCUT2D eigenvalue weighted by Gasteiger charge is -2.27. The number of rotatable bonds is 8. The van der Waals surface area contributed by atoms with Crippen molar-refractivity contribution >= 4 is 27.8 Å². The van der Waals surface area contributed by atoms with Gasteiger partial charge in [0.25, 0.3) is 0 Å². The average molecular weight is 794 g/mol. The van der Waals surface area contributed by atoms with Gasteiger partial charge >= 0.3 is 0 Å². The largest absolute Gasteiger partial charge is 0.310 e. The molecule has 0 bridgehead atoms. The van der Waals surface area contributed by atoms with Crippen molar-refractivity contribution in [1.82, 2.24) is 9.97 Å². The molecule has 3 nitrogen and oxygen atoms in total. The van der Waals surface area contributed by atoms with E-state index in [2.05, 4.69) is 225 Å². The zero-order valence-corrected chi connectivity index (χ0v) is 34.7. The average Bonchev–Trinajstić information content (AvgIpc) is 3.57. The number of nitrogens with zero attached hydrogens (tertiary/aromatic N) is 3. The maximum Gasteiger partial charge on any atom is 0.160 e. The molecular formula is C59H43N3. The van der Waals surface area contributed by atoms with Gasteiger partial charge in [-0.2, -0.15) is 0 Å². The van der Waals surface area contributed by atoms with Gasteiger partial charge in [0.1, 0.15) is 0 Å².